The van der Waals surface area contributed by atoms with E-state index in [1.165, 1.54) is 0 Å². The maximum absolute atomic E-state index is 6.04. The highest BCUT2D eigenvalue weighted by atomic mass is 14.8. The molecule has 2 nitrogen and oxygen atoms in total. The van der Waals surface area contributed by atoms with Crippen molar-refractivity contribution in [2.45, 2.75) is 33.2 Å². The molecule has 0 saturated carbocycles. The van der Waals surface area contributed by atoms with Crippen molar-refractivity contribution in [3.63, 3.8) is 0 Å². The summed E-state index contributed by atoms with van der Waals surface area (Å²) in [5, 5.41) is 0. The molecule has 13 heavy (non-hydrogen) atoms. The van der Waals surface area contributed by atoms with Gasteiger partial charge in [0.2, 0.25) is 0 Å². The zero-order chi connectivity index (χ0) is 10.1. The maximum Gasteiger partial charge on any atom is 0.0336 e. The Morgan fingerprint density at radius 3 is 2.62 bits per heavy atom. The van der Waals surface area contributed by atoms with Gasteiger partial charge in [0.05, 0.1) is 0 Å². The predicted molar refractivity (Wildman–Crippen MR) is 56.9 cm³/mol. The number of allylic oxidation sites excluding steroid dienone is 2. The van der Waals surface area contributed by atoms with Gasteiger partial charge < -0.3 is 11.5 Å². The first-order chi connectivity index (χ1) is 5.97. The summed E-state index contributed by atoms with van der Waals surface area (Å²) in [6.45, 7) is 6.54. The molecule has 2 atom stereocenters. The Labute approximate surface area is 80.7 Å². The third-order valence-electron chi connectivity index (χ3n) is 2.82. The van der Waals surface area contributed by atoms with Crippen LogP contribution < -0.4 is 11.5 Å². The van der Waals surface area contributed by atoms with Gasteiger partial charge in [-0.15, -0.1) is 0 Å². The molecule has 74 valence electrons. The number of hydrogen-bond acceptors (Lipinski definition) is 2. The van der Waals surface area contributed by atoms with Crippen molar-refractivity contribution in [1.29, 1.82) is 0 Å². The van der Waals surface area contributed by atoms with E-state index in [2.05, 4.69) is 20.8 Å². The molecule has 1 aliphatic carbocycles. The first-order valence-corrected chi connectivity index (χ1v) is 4.87. The van der Waals surface area contributed by atoms with Crippen molar-refractivity contribution in [3.8, 4) is 0 Å². The second-order valence-electron chi connectivity index (χ2n) is 4.55. The van der Waals surface area contributed by atoms with Gasteiger partial charge in [-0.05, 0) is 18.4 Å². The summed E-state index contributed by atoms with van der Waals surface area (Å²) in [4.78, 5) is 0. The highest BCUT2D eigenvalue weighted by Crippen LogP contribution is 2.36. The normalized spacial score (nSPS) is 33.6. The molecule has 1 aliphatic rings. The average Bonchev–Trinajstić information content (AvgIpc) is 1.99. The van der Waals surface area contributed by atoms with Crippen molar-refractivity contribution in [3.05, 3.63) is 23.9 Å². The number of nitrogens with two attached hydrogens (primary N) is 2. The molecule has 4 N–H and O–H groups in total. The van der Waals surface area contributed by atoms with Crippen molar-refractivity contribution in [2.75, 3.05) is 0 Å². The SMILES string of the molecule is CC(C)CC1(C)C(N)=CC=CC1N. The van der Waals surface area contributed by atoms with Gasteiger partial charge in [0.1, 0.15) is 0 Å². The van der Waals surface area contributed by atoms with Gasteiger partial charge in [-0.2, -0.15) is 0 Å². The molecular weight excluding hydrogens is 160 g/mol. The Morgan fingerprint density at radius 1 is 1.54 bits per heavy atom. The van der Waals surface area contributed by atoms with Gasteiger partial charge in [-0.3, -0.25) is 0 Å². The van der Waals surface area contributed by atoms with Crippen LogP contribution in [0.2, 0.25) is 0 Å². The number of hydrogen-bond donors (Lipinski definition) is 2. The monoisotopic (exact) mass is 180 g/mol. The lowest BCUT2D eigenvalue weighted by Gasteiger charge is -2.37. The molecule has 0 bridgehead atoms. The van der Waals surface area contributed by atoms with Crippen molar-refractivity contribution in [2.24, 2.45) is 22.8 Å². The van der Waals surface area contributed by atoms with E-state index in [1.807, 2.05) is 18.2 Å². The molecular formula is C11H20N2. The fourth-order valence-corrected chi connectivity index (χ4v) is 1.98. The van der Waals surface area contributed by atoms with E-state index in [0.717, 1.165) is 12.1 Å². The third-order valence-corrected chi connectivity index (χ3v) is 2.82. The Hall–Kier alpha value is -0.760. The minimum absolute atomic E-state index is 0.0527. The maximum atomic E-state index is 6.04. The summed E-state index contributed by atoms with van der Waals surface area (Å²) >= 11 is 0. The smallest absolute Gasteiger partial charge is 0.0336 e. The van der Waals surface area contributed by atoms with Crippen LogP contribution in [0, 0.1) is 11.3 Å². The van der Waals surface area contributed by atoms with Crippen LogP contribution in [0.4, 0.5) is 0 Å². The fourth-order valence-electron chi connectivity index (χ4n) is 1.98. The molecule has 0 fully saturated rings. The van der Waals surface area contributed by atoms with Gasteiger partial charge in [0.25, 0.3) is 0 Å². The Bertz CT molecular complexity index is 240. The summed E-state index contributed by atoms with van der Waals surface area (Å²) in [6.07, 6.45) is 6.98. The third kappa shape index (κ3) is 1.94. The van der Waals surface area contributed by atoms with Crippen LogP contribution in [0.25, 0.3) is 0 Å². The van der Waals surface area contributed by atoms with Crippen LogP contribution in [0.15, 0.2) is 23.9 Å². The van der Waals surface area contributed by atoms with E-state index >= 15 is 0 Å². The molecule has 0 aromatic rings. The molecule has 0 aliphatic heterocycles. The summed E-state index contributed by atoms with van der Waals surface area (Å²) < 4.78 is 0. The standard InChI is InChI=1S/C11H20N2/c1-8(2)7-11(3)9(12)5-4-6-10(11)13/h4-6,8-9H,7,12-13H2,1-3H3. The Kier molecular flexibility index (Phi) is 2.81. The van der Waals surface area contributed by atoms with Crippen LogP contribution in [-0.4, -0.2) is 6.04 Å². The van der Waals surface area contributed by atoms with E-state index in [0.29, 0.717) is 5.92 Å². The molecule has 0 aromatic heterocycles. The van der Waals surface area contributed by atoms with Crippen LogP contribution in [0.5, 0.6) is 0 Å². The Balaban J connectivity index is 2.86. The highest BCUT2D eigenvalue weighted by molar-refractivity contribution is 5.27. The molecule has 2 unspecified atom stereocenters. The molecule has 0 aromatic carbocycles. The second-order valence-corrected chi connectivity index (χ2v) is 4.55. The van der Waals surface area contributed by atoms with Gasteiger partial charge in [0.15, 0.2) is 0 Å². The van der Waals surface area contributed by atoms with Crippen LogP contribution in [0.3, 0.4) is 0 Å². The van der Waals surface area contributed by atoms with E-state index in [1.54, 1.807) is 0 Å². The summed E-state index contributed by atoms with van der Waals surface area (Å²) in [5.74, 6) is 0.620. The minimum atomic E-state index is -0.0527. The Morgan fingerprint density at radius 2 is 2.15 bits per heavy atom. The van der Waals surface area contributed by atoms with Gasteiger partial charge >= 0.3 is 0 Å². The predicted octanol–water partition coefficient (Wildman–Crippen LogP) is 1.78. The first-order valence-electron chi connectivity index (χ1n) is 4.87. The highest BCUT2D eigenvalue weighted by Gasteiger charge is 2.34. The topological polar surface area (TPSA) is 52.0 Å². The van der Waals surface area contributed by atoms with Gasteiger partial charge in [-0.1, -0.05) is 32.9 Å². The van der Waals surface area contributed by atoms with E-state index in [-0.39, 0.29) is 11.5 Å². The lowest BCUT2D eigenvalue weighted by Crippen LogP contribution is -2.44. The van der Waals surface area contributed by atoms with Crippen molar-refractivity contribution < 1.29 is 0 Å². The minimum Gasteiger partial charge on any atom is -0.402 e. The molecule has 0 heterocycles. The zero-order valence-corrected chi connectivity index (χ0v) is 8.75. The lowest BCUT2D eigenvalue weighted by molar-refractivity contribution is 0.276. The van der Waals surface area contributed by atoms with Crippen LogP contribution >= 0.6 is 0 Å². The summed E-state index contributed by atoms with van der Waals surface area (Å²) in [5.41, 5.74) is 12.9. The van der Waals surface area contributed by atoms with Gasteiger partial charge in [0, 0.05) is 17.2 Å². The molecule has 0 saturated heterocycles. The lowest BCUT2D eigenvalue weighted by atomic mass is 9.71. The van der Waals surface area contributed by atoms with Crippen molar-refractivity contribution >= 4 is 0 Å². The number of rotatable bonds is 2. The van der Waals surface area contributed by atoms with E-state index < -0.39 is 0 Å². The van der Waals surface area contributed by atoms with Crippen LogP contribution in [-0.2, 0) is 0 Å². The molecule has 0 spiro atoms. The quantitative estimate of drug-likeness (QED) is 0.680. The summed E-state index contributed by atoms with van der Waals surface area (Å²) in [6, 6.07) is 0.0555. The summed E-state index contributed by atoms with van der Waals surface area (Å²) in [7, 11) is 0. The molecule has 0 amide bonds. The molecule has 0 radical (unpaired) electrons. The second kappa shape index (κ2) is 3.54. The average molecular weight is 180 g/mol. The molecule has 1 rings (SSSR count). The van der Waals surface area contributed by atoms with Gasteiger partial charge in [-0.25, -0.2) is 0 Å². The van der Waals surface area contributed by atoms with E-state index in [4.69, 9.17) is 11.5 Å². The zero-order valence-electron chi connectivity index (χ0n) is 8.75. The largest absolute Gasteiger partial charge is 0.402 e. The van der Waals surface area contributed by atoms with E-state index in [9.17, 15) is 0 Å². The first kappa shape index (κ1) is 10.3. The van der Waals surface area contributed by atoms with Crippen molar-refractivity contribution in [1.82, 2.24) is 0 Å². The molecule has 2 heteroatoms. The fraction of sp³-hybridized carbons (Fsp3) is 0.636. The van der Waals surface area contributed by atoms with Crippen LogP contribution in [0.1, 0.15) is 27.2 Å².